The molecule has 0 radical (unpaired) electrons. The standard InChI is InChI=1S/C10H9ClF2O/c1-6(2-3-14)7-4-8(12)10(11)9(13)5-7/h3-6H,2H2,1H3. The molecule has 0 saturated carbocycles. The van der Waals surface area contributed by atoms with Crippen molar-refractivity contribution >= 4 is 17.9 Å². The Labute approximate surface area is 85.7 Å². The summed E-state index contributed by atoms with van der Waals surface area (Å²) in [7, 11) is 0. The Morgan fingerprint density at radius 2 is 1.93 bits per heavy atom. The molecule has 1 nitrogen and oxygen atoms in total. The zero-order valence-corrected chi connectivity index (χ0v) is 8.31. The molecule has 0 amide bonds. The maximum atomic E-state index is 13.0. The normalized spacial score (nSPS) is 12.6. The number of rotatable bonds is 3. The number of hydrogen-bond donors (Lipinski definition) is 0. The molecule has 0 N–H and O–H groups in total. The Balaban J connectivity index is 3.05. The molecule has 0 aromatic heterocycles. The van der Waals surface area contributed by atoms with Crippen molar-refractivity contribution < 1.29 is 13.6 Å². The summed E-state index contributed by atoms with van der Waals surface area (Å²) in [6.45, 7) is 1.72. The molecule has 4 heteroatoms. The Bertz CT molecular complexity index is 329. The van der Waals surface area contributed by atoms with Gasteiger partial charge in [-0.3, -0.25) is 0 Å². The van der Waals surface area contributed by atoms with Gasteiger partial charge >= 0.3 is 0 Å². The van der Waals surface area contributed by atoms with Gasteiger partial charge in [0.15, 0.2) is 0 Å². The minimum atomic E-state index is -0.792. The molecular formula is C10H9ClF2O. The summed E-state index contributed by atoms with van der Waals surface area (Å²) in [6.07, 6.45) is 0.954. The third-order valence-electron chi connectivity index (χ3n) is 2.02. The van der Waals surface area contributed by atoms with E-state index in [4.69, 9.17) is 11.6 Å². The molecule has 0 fully saturated rings. The second-order valence-electron chi connectivity index (χ2n) is 3.10. The van der Waals surface area contributed by atoms with E-state index in [0.29, 0.717) is 5.56 Å². The maximum Gasteiger partial charge on any atom is 0.145 e. The monoisotopic (exact) mass is 218 g/mol. The molecule has 0 aliphatic carbocycles. The molecule has 0 saturated heterocycles. The zero-order valence-electron chi connectivity index (χ0n) is 7.56. The molecule has 0 heterocycles. The van der Waals surface area contributed by atoms with E-state index >= 15 is 0 Å². The Morgan fingerprint density at radius 3 is 2.36 bits per heavy atom. The molecule has 0 spiro atoms. The van der Waals surface area contributed by atoms with Crippen LogP contribution in [-0.4, -0.2) is 6.29 Å². The van der Waals surface area contributed by atoms with Crippen molar-refractivity contribution in [3.63, 3.8) is 0 Å². The largest absolute Gasteiger partial charge is 0.303 e. The van der Waals surface area contributed by atoms with E-state index in [1.807, 2.05) is 0 Å². The zero-order chi connectivity index (χ0) is 10.7. The van der Waals surface area contributed by atoms with Crippen molar-refractivity contribution in [2.45, 2.75) is 19.3 Å². The van der Waals surface area contributed by atoms with Gasteiger partial charge in [-0.15, -0.1) is 0 Å². The molecule has 0 aliphatic rings. The highest BCUT2D eigenvalue weighted by molar-refractivity contribution is 6.30. The molecule has 1 unspecified atom stereocenters. The second-order valence-corrected chi connectivity index (χ2v) is 3.48. The number of carbonyl (C=O) groups is 1. The van der Waals surface area contributed by atoms with Crippen molar-refractivity contribution in [2.24, 2.45) is 0 Å². The molecule has 1 atom stereocenters. The number of carbonyl (C=O) groups excluding carboxylic acids is 1. The first-order valence-corrected chi connectivity index (χ1v) is 4.52. The van der Waals surface area contributed by atoms with Gasteiger partial charge in [0.2, 0.25) is 0 Å². The fourth-order valence-electron chi connectivity index (χ4n) is 1.14. The van der Waals surface area contributed by atoms with Gasteiger partial charge in [0.25, 0.3) is 0 Å². The smallest absolute Gasteiger partial charge is 0.145 e. The maximum absolute atomic E-state index is 13.0. The summed E-state index contributed by atoms with van der Waals surface area (Å²) in [5.74, 6) is -1.78. The van der Waals surface area contributed by atoms with Crippen LogP contribution in [0.4, 0.5) is 8.78 Å². The average molecular weight is 219 g/mol. The van der Waals surface area contributed by atoms with Gasteiger partial charge in [-0.1, -0.05) is 18.5 Å². The van der Waals surface area contributed by atoms with Gasteiger partial charge in [0.05, 0.1) is 0 Å². The number of benzene rings is 1. The molecule has 76 valence electrons. The van der Waals surface area contributed by atoms with E-state index in [1.165, 1.54) is 0 Å². The molecule has 1 aromatic rings. The minimum absolute atomic E-state index is 0.200. The van der Waals surface area contributed by atoms with Crippen molar-refractivity contribution in [1.29, 1.82) is 0 Å². The SMILES string of the molecule is CC(CC=O)c1cc(F)c(Cl)c(F)c1. The van der Waals surface area contributed by atoms with E-state index < -0.39 is 16.7 Å². The van der Waals surface area contributed by atoms with Gasteiger partial charge in [0.1, 0.15) is 22.9 Å². The van der Waals surface area contributed by atoms with Crippen LogP contribution in [-0.2, 0) is 4.79 Å². The first kappa shape index (κ1) is 11.1. The van der Waals surface area contributed by atoms with E-state index in [1.54, 1.807) is 6.92 Å². The van der Waals surface area contributed by atoms with Crippen molar-refractivity contribution in [3.8, 4) is 0 Å². The van der Waals surface area contributed by atoms with Crippen molar-refractivity contribution in [3.05, 3.63) is 34.4 Å². The predicted octanol–water partition coefficient (Wildman–Crippen LogP) is 3.31. The first-order chi connectivity index (χ1) is 6.56. The lowest BCUT2D eigenvalue weighted by atomic mass is 9.98. The van der Waals surface area contributed by atoms with Crippen LogP contribution in [0.2, 0.25) is 5.02 Å². The average Bonchev–Trinajstić information content (AvgIpc) is 2.13. The van der Waals surface area contributed by atoms with Gasteiger partial charge in [0, 0.05) is 6.42 Å². The lowest BCUT2D eigenvalue weighted by Crippen LogP contribution is -1.97. The van der Waals surface area contributed by atoms with Gasteiger partial charge in [-0.25, -0.2) is 8.78 Å². The topological polar surface area (TPSA) is 17.1 Å². The molecular weight excluding hydrogens is 210 g/mol. The third-order valence-corrected chi connectivity index (χ3v) is 2.39. The van der Waals surface area contributed by atoms with Crippen LogP contribution in [0.15, 0.2) is 12.1 Å². The highest BCUT2D eigenvalue weighted by atomic mass is 35.5. The van der Waals surface area contributed by atoms with Crippen LogP contribution >= 0.6 is 11.6 Å². The molecule has 1 rings (SSSR count). The minimum Gasteiger partial charge on any atom is -0.303 e. The van der Waals surface area contributed by atoms with Crippen LogP contribution in [0.5, 0.6) is 0 Å². The quantitative estimate of drug-likeness (QED) is 0.562. The van der Waals surface area contributed by atoms with Gasteiger partial charge < -0.3 is 4.79 Å². The van der Waals surface area contributed by atoms with E-state index in [-0.39, 0.29) is 12.3 Å². The Morgan fingerprint density at radius 1 is 1.43 bits per heavy atom. The molecule has 0 bridgehead atoms. The van der Waals surface area contributed by atoms with Crippen molar-refractivity contribution in [1.82, 2.24) is 0 Å². The van der Waals surface area contributed by atoms with Gasteiger partial charge in [-0.2, -0.15) is 0 Å². The van der Waals surface area contributed by atoms with Gasteiger partial charge in [-0.05, 0) is 23.6 Å². The summed E-state index contributed by atoms with van der Waals surface area (Å²) in [5.41, 5.74) is 0.441. The fraction of sp³-hybridized carbons (Fsp3) is 0.300. The molecule has 0 aliphatic heterocycles. The van der Waals surface area contributed by atoms with Crippen LogP contribution in [0.3, 0.4) is 0 Å². The Hall–Kier alpha value is -0.960. The second kappa shape index (κ2) is 4.51. The van der Waals surface area contributed by atoms with E-state index in [2.05, 4.69) is 0 Å². The van der Waals surface area contributed by atoms with Crippen molar-refractivity contribution in [2.75, 3.05) is 0 Å². The van der Waals surface area contributed by atoms with Crippen LogP contribution in [0, 0.1) is 11.6 Å². The highest BCUT2D eigenvalue weighted by Crippen LogP contribution is 2.25. The Kier molecular flexibility index (Phi) is 3.58. The summed E-state index contributed by atoms with van der Waals surface area (Å²) in [4.78, 5) is 10.2. The van der Waals surface area contributed by atoms with E-state index in [9.17, 15) is 13.6 Å². The third kappa shape index (κ3) is 2.29. The van der Waals surface area contributed by atoms with E-state index in [0.717, 1.165) is 18.4 Å². The lowest BCUT2D eigenvalue weighted by molar-refractivity contribution is -0.108. The molecule has 1 aromatic carbocycles. The number of halogens is 3. The number of hydrogen-bond acceptors (Lipinski definition) is 1. The highest BCUT2D eigenvalue weighted by Gasteiger charge is 2.12. The van der Waals surface area contributed by atoms with Crippen LogP contribution < -0.4 is 0 Å². The first-order valence-electron chi connectivity index (χ1n) is 4.14. The predicted molar refractivity (Wildman–Crippen MR) is 50.5 cm³/mol. The van der Waals surface area contributed by atoms with Crippen LogP contribution in [0.25, 0.3) is 0 Å². The summed E-state index contributed by atoms with van der Waals surface area (Å²) >= 11 is 5.31. The van der Waals surface area contributed by atoms with Crippen LogP contribution in [0.1, 0.15) is 24.8 Å². The summed E-state index contributed by atoms with van der Waals surface area (Å²) in [5, 5.41) is -0.507. The summed E-state index contributed by atoms with van der Waals surface area (Å²) in [6, 6.07) is 2.30. The fourth-order valence-corrected chi connectivity index (χ4v) is 1.25. The lowest BCUT2D eigenvalue weighted by Gasteiger charge is -2.09. The number of aldehydes is 1. The molecule has 14 heavy (non-hydrogen) atoms. The summed E-state index contributed by atoms with van der Waals surface area (Å²) < 4.78 is 26.0.